The summed E-state index contributed by atoms with van der Waals surface area (Å²) in [5.74, 6) is 0.254. The molecule has 1 rings (SSSR count). The van der Waals surface area contributed by atoms with Gasteiger partial charge in [-0.15, -0.1) is 0 Å². The van der Waals surface area contributed by atoms with Crippen molar-refractivity contribution in [2.24, 2.45) is 10.7 Å². The highest BCUT2D eigenvalue weighted by Crippen LogP contribution is 2.18. The molecule has 5 nitrogen and oxygen atoms in total. The van der Waals surface area contributed by atoms with Crippen LogP contribution in [0.1, 0.15) is 12.5 Å². The smallest absolute Gasteiger partial charge is 0.188 e. The van der Waals surface area contributed by atoms with E-state index >= 15 is 0 Å². The Bertz CT molecular complexity index is 452. The molecule has 0 aliphatic carbocycles. The van der Waals surface area contributed by atoms with Crippen LogP contribution in [0.25, 0.3) is 0 Å². The first kappa shape index (κ1) is 16.2. The Hall–Kier alpha value is -1.82. The van der Waals surface area contributed by atoms with Gasteiger partial charge in [-0.1, -0.05) is 6.07 Å². The fourth-order valence-corrected chi connectivity index (χ4v) is 1.75. The number of ether oxygens (including phenoxy) is 2. The van der Waals surface area contributed by atoms with Gasteiger partial charge in [-0.2, -0.15) is 0 Å². The lowest BCUT2D eigenvalue weighted by molar-refractivity contribution is 0.179. The molecule has 20 heavy (non-hydrogen) atoms. The van der Waals surface area contributed by atoms with E-state index in [2.05, 4.69) is 10.3 Å². The summed E-state index contributed by atoms with van der Waals surface area (Å²) in [6.45, 7) is 3.04. The summed E-state index contributed by atoms with van der Waals surface area (Å²) in [6.07, 6.45) is 0.664. The summed E-state index contributed by atoms with van der Waals surface area (Å²) in [7, 11) is 3.08. The number of aliphatic imine (C=N–C) groups is 1. The maximum absolute atomic E-state index is 13.2. The van der Waals surface area contributed by atoms with Crippen LogP contribution in [0.3, 0.4) is 0 Å². The van der Waals surface area contributed by atoms with Gasteiger partial charge in [0.25, 0.3) is 0 Å². The van der Waals surface area contributed by atoms with E-state index in [1.54, 1.807) is 19.2 Å². The standard InChI is InChI=1S/C14H22FN3O2/c1-10(9-19-2)18-14(16)17-7-6-11-4-5-12(15)13(8-11)20-3/h4-5,8,10H,6-7,9H2,1-3H3,(H3,16,17,18). The van der Waals surface area contributed by atoms with Gasteiger partial charge in [0.15, 0.2) is 17.5 Å². The molecule has 0 amide bonds. The maximum Gasteiger partial charge on any atom is 0.188 e. The number of benzene rings is 1. The lowest BCUT2D eigenvalue weighted by atomic mass is 10.1. The molecule has 0 fully saturated rings. The minimum atomic E-state index is -0.366. The first-order chi connectivity index (χ1) is 9.56. The van der Waals surface area contributed by atoms with E-state index in [4.69, 9.17) is 15.2 Å². The first-order valence-electron chi connectivity index (χ1n) is 6.44. The predicted octanol–water partition coefficient (Wildman–Crippen LogP) is 1.32. The molecule has 0 radical (unpaired) electrons. The Morgan fingerprint density at radius 3 is 2.85 bits per heavy atom. The van der Waals surface area contributed by atoms with Crippen molar-refractivity contribution in [1.82, 2.24) is 5.32 Å². The third-order valence-electron chi connectivity index (χ3n) is 2.71. The van der Waals surface area contributed by atoms with Crippen LogP contribution in [0.2, 0.25) is 0 Å². The van der Waals surface area contributed by atoms with Crippen molar-refractivity contribution in [2.45, 2.75) is 19.4 Å². The van der Waals surface area contributed by atoms with E-state index in [0.29, 0.717) is 25.5 Å². The van der Waals surface area contributed by atoms with Crippen molar-refractivity contribution >= 4 is 5.96 Å². The van der Waals surface area contributed by atoms with Crippen LogP contribution in [0.15, 0.2) is 23.2 Å². The highest BCUT2D eigenvalue weighted by molar-refractivity contribution is 5.78. The number of methoxy groups -OCH3 is 2. The molecule has 1 aromatic carbocycles. The van der Waals surface area contributed by atoms with Crippen LogP contribution >= 0.6 is 0 Å². The second-order valence-electron chi connectivity index (χ2n) is 4.49. The molecule has 112 valence electrons. The Morgan fingerprint density at radius 2 is 2.20 bits per heavy atom. The number of hydrogen-bond acceptors (Lipinski definition) is 3. The number of nitrogens with one attached hydrogen (secondary N) is 1. The molecule has 0 heterocycles. The average molecular weight is 283 g/mol. The number of hydrogen-bond donors (Lipinski definition) is 2. The van der Waals surface area contributed by atoms with Gasteiger partial charge in [0.2, 0.25) is 0 Å². The van der Waals surface area contributed by atoms with Crippen LogP contribution < -0.4 is 15.8 Å². The van der Waals surface area contributed by atoms with E-state index < -0.39 is 0 Å². The van der Waals surface area contributed by atoms with Gasteiger partial charge in [0.05, 0.1) is 13.7 Å². The molecule has 3 N–H and O–H groups in total. The van der Waals surface area contributed by atoms with Crippen LogP contribution in [-0.4, -0.2) is 39.4 Å². The quantitative estimate of drug-likeness (QED) is 0.585. The zero-order chi connectivity index (χ0) is 15.0. The molecule has 0 saturated heterocycles. The lowest BCUT2D eigenvalue weighted by Gasteiger charge is -2.13. The summed E-state index contributed by atoms with van der Waals surface area (Å²) >= 11 is 0. The van der Waals surface area contributed by atoms with Gasteiger partial charge < -0.3 is 20.5 Å². The highest BCUT2D eigenvalue weighted by Gasteiger charge is 2.04. The second-order valence-corrected chi connectivity index (χ2v) is 4.49. The Kier molecular flexibility index (Phi) is 6.79. The predicted molar refractivity (Wildman–Crippen MR) is 77.6 cm³/mol. The first-order valence-corrected chi connectivity index (χ1v) is 6.44. The third kappa shape index (κ3) is 5.44. The van der Waals surface area contributed by atoms with Crippen molar-refractivity contribution in [3.8, 4) is 5.75 Å². The van der Waals surface area contributed by atoms with Crippen molar-refractivity contribution in [2.75, 3.05) is 27.4 Å². The molecular weight excluding hydrogens is 261 g/mol. The van der Waals surface area contributed by atoms with E-state index in [1.165, 1.54) is 13.2 Å². The number of halogens is 1. The minimum absolute atomic E-state index is 0.106. The van der Waals surface area contributed by atoms with Gasteiger partial charge in [0.1, 0.15) is 0 Å². The molecule has 1 aromatic rings. The molecule has 0 aliphatic rings. The second kappa shape index (κ2) is 8.37. The minimum Gasteiger partial charge on any atom is -0.494 e. The molecule has 1 unspecified atom stereocenters. The molecule has 1 atom stereocenters. The average Bonchev–Trinajstić information content (AvgIpc) is 2.40. The number of guanidine groups is 1. The summed E-state index contributed by atoms with van der Waals surface area (Å²) in [5, 5.41) is 3.02. The van der Waals surface area contributed by atoms with Gasteiger partial charge in [-0.25, -0.2) is 4.39 Å². The fourth-order valence-electron chi connectivity index (χ4n) is 1.75. The lowest BCUT2D eigenvalue weighted by Crippen LogP contribution is -2.40. The summed E-state index contributed by atoms with van der Waals surface area (Å²) in [5.41, 5.74) is 6.70. The summed E-state index contributed by atoms with van der Waals surface area (Å²) in [4.78, 5) is 4.21. The Labute approximate surface area is 119 Å². The van der Waals surface area contributed by atoms with Gasteiger partial charge in [0, 0.05) is 19.7 Å². The van der Waals surface area contributed by atoms with Crippen LogP contribution in [-0.2, 0) is 11.2 Å². The Morgan fingerprint density at radius 1 is 1.45 bits per heavy atom. The number of nitrogens with zero attached hydrogens (tertiary/aromatic N) is 1. The zero-order valence-corrected chi connectivity index (χ0v) is 12.1. The largest absolute Gasteiger partial charge is 0.494 e. The fraction of sp³-hybridized carbons (Fsp3) is 0.500. The molecular formula is C14H22FN3O2. The molecule has 0 saturated carbocycles. The summed E-state index contributed by atoms with van der Waals surface area (Å²) < 4.78 is 23.2. The van der Waals surface area contributed by atoms with Crippen LogP contribution in [0.5, 0.6) is 5.75 Å². The van der Waals surface area contributed by atoms with Crippen LogP contribution in [0.4, 0.5) is 4.39 Å². The monoisotopic (exact) mass is 283 g/mol. The highest BCUT2D eigenvalue weighted by atomic mass is 19.1. The van der Waals surface area contributed by atoms with Crippen molar-refractivity contribution in [3.63, 3.8) is 0 Å². The van der Waals surface area contributed by atoms with Crippen molar-refractivity contribution in [1.29, 1.82) is 0 Å². The zero-order valence-electron chi connectivity index (χ0n) is 12.1. The van der Waals surface area contributed by atoms with Crippen molar-refractivity contribution < 1.29 is 13.9 Å². The van der Waals surface area contributed by atoms with E-state index in [9.17, 15) is 4.39 Å². The van der Waals surface area contributed by atoms with E-state index in [1.807, 2.05) is 6.92 Å². The third-order valence-corrected chi connectivity index (χ3v) is 2.71. The number of nitrogens with two attached hydrogens (primary N) is 1. The Balaban J connectivity index is 2.47. The normalized spacial score (nSPS) is 13.1. The number of rotatable bonds is 7. The van der Waals surface area contributed by atoms with Crippen LogP contribution in [0, 0.1) is 5.82 Å². The van der Waals surface area contributed by atoms with E-state index in [0.717, 1.165) is 5.56 Å². The SMILES string of the molecule is COCC(C)NC(N)=NCCc1ccc(F)c(OC)c1. The molecule has 0 aliphatic heterocycles. The molecule has 0 spiro atoms. The molecule has 6 heteroatoms. The van der Waals surface area contributed by atoms with Gasteiger partial charge in [-0.05, 0) is 31.0 Å². The topological polar surface area (TPSA) is 68.9 Å². The van der Waals surface area contributed by atoms with Gasteiger partial charge >= 0.3 is 0 Å². The maximum atomic E-state index is 13.2. The van der Waals surface area contributed by atoms with Crippen molar-refractivity contribution in [3.05, 3.63) is 29.6 Å². The van der Waals surface area contributed by atoms with E-state index in [-0.39, 0.29) is 17.6 Å². The molecule has 0 bridgehead atoms. The molecule has 0 aromatic heterocycles. The van der Waals surface area contributed by atoms with Gasteiger partial charge in [-0.3, -0.25) is 4.99 Å². The summed E-state index contributed by atoms with van der Waals surface area (Å²) in [6, 6.07) is 4.88.